The summed E-state index contributed by atoms with van der Waals surface area (Å²) >= 11 is 0. The van der Waals surface area contributed by atoms with Gasteiger partial charge in [0.1, 0.15) is 0 Å². The lowest BCUT2D eigenvalue weighted by molar-refractivity contribution is -0.126. The molecule has 0 aliphatic carbocycles. The highest BCUT2D eigenvalue weighted by Gasteiger charge is 2.29. The molecular formula is C11H20N2O. The lowest BCUT2D eigenvalue weighted by atomic mass is 10.0. The Hall–Kier alpha value is -0.830. The maximum absolute atomic E-state index is 11.8. The van der Waals surface area contributed by atoms with Crippen molar-refractivity contribution < 1.29 is 4.79 Å². The zero-order valence-electron chi connectivity index (χ0n) is 9.72. The molecule has 0 fully saturated rings. The molecule has 1 aliphatic rings. The number of nitrogens with zero attached hydrogens (tertiary/aromatic N) is 1. The van der Waals surface area contributed by atoms with Crippen molar-refractivity contribution in [3.05, 3.63) is 11.3 Å². The Kier molecular flexibility index (Phi) is 3.32. The molecule has 1 N–H and O–H groups in total. The summed E-state index contributed by atoms with van der Waals surface area (Å²) in [6.45, 7) is 9.06. The fraction of sp³-hybridized carbons (Fsp3) is 0.727. The van der Waals surface area contributed by atoms with Gasteiger partial charge in [-0.3, -0.25) is 9.69 Å². The zero-order chi connectivity index (χ0) is 10.9. The highest BCUT2D eigenvalue weighted by Crippen LogP contribution is 2.16. The second kappa shape index (κ2) is 4.13. The van der Waals surface area contributed by atoms with E-state index < -0.39 is 0 Å². The third kappa shape index (κ3) is 2.15. The van der Waals surface area contributed by atoms with E-state index in [1.165, 1.54) is 5.57 Å². The van der Waals surface area contributed by atoms with E-state index in [-0.39, 0.29) is 11.9 Å². The number of likely N-dealkylation sites (N-methyl/N-ethyl adjacent to an activating group) is 1. The van der Waals surface area contributed by atoms with Crippen LogP contribution in [0.4, 0.5) is 0 Å². The molecule has 0 bridgehead atoms. The number of nitrogens with one attached hydrogen (secondary N) is 1. The average molecular weight is 196 g/mol. The zero-order valence-corrected chi connectivity index (χ0v) is 9.72. The minimum atomic E-state index is -0.0117. The van der Waals surface area contributed by atoms with Gasteiger partial charge in [0.15, 0.2) is 0 Å². The van der Waals surface area contributed by atoms with Crippen molar-refractivity contribution in [2.24, 2.45) is 5.92 Å². The highest BCUT2D eigenvalue weighted by atomic mass is 16.2. The highest BCUT2D eigenvalue weighted by molar-refractivity contribution is 5.84. The SMILES string of the molecule is CC1=C(C)NC(=O)[C@@H](C(C)C)N(C)C1. The van der Waals surface area contributed by atoms with Gasteiger partial charge in [0.2, 0.25) is 5.91 Å². The van der Waals surface area contributed by atoms with E-state index in [9.17, 15) is 4.79 Å². The molecule has 1 heterocycles. The Morgan fingerprint density at radius 1 is 1.43 bits per heavy atom. The smallest absolute Gasteiger partial charge is 0.241 e. The van der Waals surface area contributed by atoms with Gasteiger partial charge in [-0.05, 0) is 32.4 Å². The molecule has 0 aromatic rings. The van der Waals surface area contributed by atoms with Gasteiger partial charge in [-0.1, -0.05) is 13.8 Å². The van der Waals surface area contributed by atoms with E-state index in [1.807, 2.05) is 14.0 Å². The standard InChI is InChI=1S/C11H20N2O/c1-7(2)10-11(14)12-9(4)8(3)6-13(10)5/h7,10H,6H2,1-5H3,(H,12,14)/t10-/m1/s1. The van der Waals surface area contributed by atoms with E-state index in [2.05, 4.69) is 31.0 Å². The molecule has 3 heteroatoms. The molecule has 1 amide bonds. The minimum absolute atomic E-state index is 0.0117. The Balaban J connectivity index is 2.91. The molecule has 1 rings (SSSR count). The molecule has 1 aliphatic heterocycles. The Morgan fingerprint density at radius 3 is 2.50 bits per heavy atom. The Bertz CT molecular complexity index is 268. The number of amides is 1. The van der Waals surface area contributed by atoms with Gasteiger partial charge in [-0.25, -0.2) is 0 Å². The van der Waals surface area contributed by atoms with Crippen molar-refractivity contribution >= 4 is 5.91 Å². The lowest BCUT2D eigenvalue weighted by Gasteiger charge is -2.27. The van der Waals surface area contributed by atoms with Crippen LogP contribution in [-0.4, -0.2) is 30.4 Å². The maximum Gasteiger partial charge on any atom is 0.241 e. The first-order valence-electron chi connectivity index (χ1n) is 5.11. The van der Waals surface area contributed by atoms with Gasteiger partial charge >= 0.3 is 0 Å². The predicted octanol–water partition coefficient (Wildman–Crippen LogP) is 1.37. The molecule has 0 radical (unpaired) electrons. The average Bonchev–Trinajstić information content (AvgIpc) is 2.09. The van der Waals surface area contributed by atoms with Crippen molar-refractivity contribution in [1.82, 2.24) is 10.2 Å². The van der Waals surface area contributed by atoms with E-state index in [4.69, 9.17) is 0 Å². The molecule has 0 aromatic heterocycles. The Morgan fingerprint density at radius 2 is 2.00 bits per heavy atom. The summed E-state index contributed by atoms with van der Waals surface area (Å²) in [5, 5.41) is 2.95. The summed E-state index contributed by atoms with van der Waals surface area (Å²) in [6, 6.07) is -0.0117. The minimum Gasteiger partial charge on any atom is -0.329 e. The molecule has 0 saturated heterocycles. The van der Waals surface area contributed by atoms with Gasteiger partial charge in [0.25, 0.3) is 0 Å². The summed E-state index contributed by atoms with van der Waals surface area (Å²) < 4.78 is 0. The van der Waals surface area contributed by atoms with Crippen LogP contribution in [-0.2, 0) is 4.79 Å². The first-order chi connectivity index (χ1) is 6.43. The predicted molar refractivity (Wildman–Crippen MR) is 57.8 cm³/mol. The molecule has 0 saturated carbocycles. The van der Waals surface area contributed by atoms with Crippen LogP contribution in [0.1, 0.15) is 27.7 Å². The van der Waals surface area contributed by atoms with Gasteiger partial charge < -0.3 is 5.32 Å². The largest absolute Gasteiger partial charge is 0.329 e. The van der Waals surface area contributed by atoms with Crippen LogP contribution in [0.25, 0.3) is 0 Å². The van der Waals surface area contributed by atoms with Crippen molar-refractivity contribution in [2.75, 3.05) is 13.6 Å². The number of allylic oxidation sites excluding steroid dienone is 1. The summed E-state index contributed by atoms with van der Waals surface area (Å²) in [6.07, 6.45) is 0. The maximum atomic E-state index is 11.8. The van der Waals surface area contributed by atoms with Crippen LogP contribution in [0.2, 0.25) is 0 Å². The number of hydrogen-bond acceptors (Lipinski definition) is 2. The summed E-state index contributed by atoms with van der Waals surface area (Å²) in [7, 11) is 2.01. The van der Waals surface area contributed by atoms with Crippen molar-refractivity contribution in [1.29, 1.82) is 0 Å². The number of hydrogen-bond donors (Lipinski definition) is 1. The second-order valence-corrected chi connectivity index (χ2v) is 4.50. The summed E-state index contributed by atoms with van der Waals surface area (Å²) in [5.74, 6) is 0.468. The second-order valence-electron chi connectivity index (χ2n) is 4.50. The number of rotatable bonds is 1. The fourth-order valence-electron chi connectivity index (χ4n) is 1.97. The first-order valence-corrected chi connectivity index (χ1v) is 5.11. The molecule has 3 nitrogen and oxygen atoms in total. The molecule has 80 valence electrons. The summed E-state index contributed by atoms with van der Waals surface area (Å²) in [4.78, 5) is 14.0. The van der Waals surface area contributed by atoms with Crippen LogP contribution < -0.4 is 5.32 Å². The van der Waals surface area contributed by atoms with Gasteiger partial charge in [0.05, 0.1) is 6.04 Å². The molecule has 0 spiro atoms. The first kappa shape index (κ1) is 11.2. The van der Waals surface area contributed by atoms with E-state index >= 15 is 0 Å². The number of carbonyl (C=O) groups excluding carboxylic acids is 1. The Labute approximate surface area is 86.2 Å². The summed E-state index contributed by atoms with van der Waals surface area (Å²) in [5.41, 5.74) is 2.24. The molecule has 1 atom stereocenters. The van der Waals surface area contributed by atoms with Crippen molar-refractivity contribution in [2.45, 2.75) is 33.7 Å². The van der Waals surface area contributed by atoms with E-state index in [1.54, 1.807) is 0 Å². The van der Waals surface area contributed by atoms with Crippen LogP contribution in [0.3, 0.4) is 0 Å². The van der Waals surface area contributed by atoms with Gasteiger partial charge in [-0.15, -0.1) is 0 Å². The topological polar surface area (TPSA) is 32.3 Å². The molecular weight excluding hydrogens is 176 g/mol. The molecule has 14 heavy (non-hydrogen) atoms. The van der Waals surface area contributed by atoms with E-state index in [0.29, 0.717) is 5.92 Å². The van der Waals surface area contributed by atoms with E-state index in [0.717, 1.165) is 12.2 Å². The van der Waals surface area contributed by atoms with Gasteiger partial charge in [-0.2, -0.15) is 0 Å². The quantitative estimate of drug-likeness (QED) is 0.687. The molecule has 0 aromatic carbocycles. The lowest BCUT2D eigenvalue weighted by Crippen LogP contribution is -2.45. The third-order valence-corrected chi connectivity index (χ3v) is 2.81. The third-order valence-electron chi connectivity index (χ3n) is 2.81. The van der Waals surface area contributed by atoms with Crippen molar-refractivity contribution in [3.8, 4) is 0 Å². The van der Waals surface area contributed by atoms with Crippen LogP contribution >= 0.6 is 0 Å². The molecule has 0 unspecified atom stereocenters. The fourth-order valence-corrected chi connectivity index (χ4v) is 1.97. The monoisotopic (exact) mass is 196 g/mol. The van der Waals surface area contributed by atoms with Crippen LogP contribution in [0.15, 0.2) is 11.3 Å². The van der Waals surface area contributed by atoms with Crippen molar-refractivity contribution in [3.63, 3.8) is 0 Å². The number of carbonyl (C=O) groups is 1. The van der Waals surface area contributed by atoms with Gasteiger partial charge in [0, 0.05) is 12.2 Å². The normalized spacial score (nSPS) is 25.3. The van der Waals surface area contributed by atoms with Crippen LogP contribution in [0.5, 0.6) is 0 Å². The van der Waals surface area contributed by atoms with Crippen LogP contribution in [0, 0.1) is 5.92 Å².